The van der Waals surface area contributed by atoms with E-state index in [-0.39, 0.29) is 11.1 Å². The fraction of sp³-hybridized carbons (Fsp3) is 0.111. The maximum absolute atomic E-state index is 11.4. The first-order valence-electron chi connectivity index (χ1n) is 4.23. The summed E-state index contributed by atoms with van der Waals surface area (Å²) in [4.78, 5) is 22.3. The van der Waals surface area contributed by atoms with Crippen molar-refractivity contribution in [2.75, 3.05) is 11.1 Å². The molecular weight excluding hydrogens is 232 g/mol. The van der Waals surface area contributed by atoms with Crippen molar-refractivity contribution in [3.05, 3.63) is 29.3 Å². The van der Waals surface area contributed by atoms with Gasteiger partial charge in [-0.05, 0) is 17.5 Å². The van der Waals surface area contributed by atoms with E-state index in [1.807, 2.05) is 17.5 Å². The number of carbonyl (C=O) groups is 2. The van der Waals surface area contributed by atoms with Crippen molar-refractivity contribution < 1.29 is 9.59 Å². The van der Waals surface area contributed by atoms with Gasteiger partial charge < -0.3 is 5.32 Å². The van der Waals surface area contributed by atoms with E-state index >= 15 is 0 Å². The van der Waals surface area contributed by atoms with Gasteiger partial charge in [0.15, 0.2) is 0 Å². The molecule has 1 aliphatic rings. The molecule has 1 aromatic heterocycles. The van der Waals surface area contributed by atoms with Gasteiger partial charge in [-0.25, -0.2) is 4.79 Å². The summed E-state index contributed by atoms with van der Waals surface area (Å²) in [7, 11) is 0. The highest BCUT2D eigenvalue weighted by Gasteiger charge is 2.14. The Bertz CT molecular complexity index is 412. The van der Waals surface area contributed by atoms with Crippen molar-refractivity contribution in [2.24, 2.45) is 0 Å². The van der Waals surface area contributed by atoms with Gasteiger partial charge >= 0.3 is 6.03 Å². The molecule has 2 amide bonds. The molecule has 0 unspecified atom stereocenters. The Morgan fingerprint density at radius 2 is 2.27 bits per heavy atom. The second-order valence-electron chi connectivity index (χ2n) is 2.83. The van der Waals surface area contributed by atoms with E-state index in [0.29, 0.717) is 11.4 Å². The van der Waals surface area contributed by atoms with Crippen LogP contribution in [0.15, 0.2) is 29.3 Å². The number of hydrogen-bond donors (Lipinski definition) is 2. The number of thiophene rings is 1. The number of nitrogens with one attached hydrogen (secondary N) is 2. The summed E-state index contributed by atoms with van der Waals surface area (Å²) in [5, 5.41) is 7.94. The standard InChI is InChI=1S/C9H8N2O2S2/c12-8-4-6(5-15-8)10-9(13)11-7-2-1-3-14-7/h1-4H,5H2,(H2,10,11,13). The lowest BCUT2D eigenvalue weighted by molar-refractivity contribution is -0.106. The van der Waals surface area contributed by atoms with Gasteiger partial charge in [-0.1, -0.05) is 11.8 Å². The average Bonchev–Trinajstić information content (AvgIpc) is 2.77. The fourth-order valence-electron chi connectivity index (χ4n) is 1.09. The van der Waals surface area contributed by atoms with E-state index in [4.69, 9.17) is 0 Å². The first-order chi connectivity index (χ1) is 7.24. The minimum Gasteiger partial charge on any atom is -0.310 e. The van der Waals surface area contributed by atoms with Crippen LogP contribution in [0.25, 0.3) is 0 Å². The first kappa shape index (κ1) is 10.3. The summed E-state index contributed by atoms with van der Waals surface area (Å²) in [6.07, 6.45) is 1.44. The molecule has 1 aromatic rings. The summed E-state index contributed by atoms with van der Waals surface area (Å²) in [5.41, 5.74) is 0.652. The van der Waals surface area contributed by atoms with Gasteiger partial charge in [-0.3, -0.25) is 10.1 Å². The number of urea groups is 1. The summed E-state index contributed by atoms with van der Waals surface area (Å²) in [6, 6.07) is 3.36. The number of carbonyl (C=O) groups excluding carboxylic acids is 2. The Morgan fingerprint density at radius 1 is 1.40 bits per heavy atom. The van der Waals surface area contributed by atoms with Gasteiger partial charge in [0.1, 0.15) is 0 Å². The zero-order chi connectivity index (χ0) is 10.7. The predicted molar refractivity (Wildman–Crippen MR) is 62.0 cm³/mol. The molecule has 15 heavy (non-hydrogen) atoms. The predicted octanol–water partition coefficient (Wildman–Crippen LogP) is 2.03. The monoisotopic (exact) mass is 240 g/mol. The third kappa shape index (κ3) is 2.84. The molecule has 6 heteroatoms. The summed E-state index contributed by atoms with van der Waals surface area (Å²) < 4.78 is 0. The maximum Gasteiger partial charge on any atom is 0.324 e. The molecule has 0 radical (unpaired) electrons. The van der Waals surface area contributed by atoms with Crippen LogP contribution in [0.5, 0.6) is 0 Å². The quantitative estimate of drug-likeness (QED) is 0.831. The topological polar surface area (TPSA) is 58.2 Å². The highest BCUT2D eigenvalue weighted by atomic mass is 32.2. The molecule has 0 bridgehead atoms. The van der Waals surface area contributed by atoms with Crippen molar-refractivity contribution in [3.8, 4) is 0 Å². The molecule has 78 valence electrons. The SMILES string of the molecule is O=C(NC1=CC(=O)SC1)Nc1cccs1. The normalized spacial score (nSPS) is 14.9. The Hall–Kier alpha value is -1.27. The van der Waals surface area contributed by atoms with Crippen LogP contribution in [-0.2, 0) is 4.79 Å². The van der Waals surface area contributed by atoms with Crippen molar-refractivity contribution in [2.45, 2.75) is 0 Å². The minimum atomic E-state index is -0.306. The smallest absolute Gasteiger partial charge is 0.310 e. The Labute approximate surface area is 94.7 Å². The third-order valence-corrected chi connectivity index (χ3v) is 3.34. The highest BCUT2D eigenvalue weighted by molar-refractivity contribution is 8.14. The summed E-state index contributed by atoms with van der Waals surface area (Å²) in [6.45, 7) is 0. The molecule has 2 rings (SSSR count). The van der Waals surface area contributed by atoms with Crippen molar-refractivity contribution in [1.29, 1.82) is 0 Å². The van der Waals surface area contributed by atoms with Gasteiger partial charge in [0.25, 0.3) is 0 Å². The van der Waals surface area contributed by atoms with Crippen molar-refractivity contribution in [1.82, 2.24) is 5.32 Å². The third-order valence-electron chi connectivity index (χ3n) is 1.69. The second-order valence-corrected chi connectivity index (χ2v) is 4.76. The Morgan fingerprint density at radius 3 is 2.87 bits per heavy atom. The largest absolute Gasteiger partial charge is 0.324 e. The lowest BCUT2D eigenvalue weighted by Gasteiger charge is -2.04. The van der Waals surface area contributed by atoms with Crippen LogP contribution in [0.3, 0.4) is 0 Å². The molecule has 2 N–H and O–H groups in total. The summed E-state index contributed by atoms with van der Waals surface area (Å²) in [5.74, 6) is 0.538. The molecular formula is C9H8N2O2S2. The maximum atomic E-state index is 11.4. The van der Waals surface area contributed by atoms with Crippen LogP contribution in [0.1, 0.15) is 0 Å². The number of rotatable bonds is 2. The number of anilines is 1. The lowest BCUT2D eigenvalue weighted by Crippen LogP contribution is -2.27. The highest BCUT2D eigenvalue weighted by Crippen LogP contribution is 2.18. The number of amides is 2. The van der Waals surface area contributed by atoms with Crippen LogP contribution in [0.4, 0.5) is 9.80 Å². The molecule has 0 fully saturated rings. The van der Waals surface area contributed by atoms with Crippen molar-refractivity contribution in [3.63, 3.8) is 0 Å². The molecule has 0 atom stereocenters. The van der Waals surface area contributed by atoms with Gasteiger partial charge in [0.05, 0.1) is 5.00 Å². The molecule has 0 aromatic carbocycles. The molecule has 2 heterocycles. The number of thioether (sulfide) groups is 1. The minimum absolute atomic E-state index is 0.0126. The zero-order valence-corrected chi connectivity index (χ0v) is 9.28. The Kier molecular flexibility index (Phi) is 3.08. The zero-order valence-electron chi connectivity index (χ0n) is 7.65. The van der Waals surface area contributed by atoms with Crippen LogP contribution >= 0.6 is 23.1 Å². The fourth-order valence-corrected chi connectivity index (χ4v) is 2.38. The van der Waals surface area contributed by atoms with E-state index in [1.54, 1.807) is 0 Å². The van der Waals surface area contributed by atoms with E-state index in [1.165, 1.54) is 29.2 Å². The van der Waals surface area contributed by atoms with Gasteiger partial charge in [-0.2, -0.15) is 0 Å². The van der Waals surface area contributed by atoms with Crippen LogP contribution in [0, 0.1) is 0 Å². The van der Waals surface area contributed by atoms with Crippen molar-refractivity contribution >= 4 is 39.2 Å². The van der Waals surface area contributed by atoms with E-state index in [2.05, 4.69) is 10.6 Å². The van der Waals surface area contributed by atoms with Gasteiger partial charge in [0, 0.05) is 17.5 Å². The number of hydrogen-bond acceptors (Lipinski definition) is 4. The van der Waals surface area contributed by atoms with Crippen LogP contribution in [0.2, 0.25) is 0 Å². The Balaban J connectivity index is 1.88. The molecule has 1 aliphatic heterocycles. The lowest BCUT2D eigenvalue weighted by atomic mass is 10.4. The van der Waals surface area contributed by atoms with Crippen LogP contribution < -0.4 is 10.6 Å². The van der Waals surface area contributed by atoms with E-state index < -0.39 is 0 Å². The second kappa shape index (κ2) is 4.50. The van der Waals surface area contributed by atoms with Crippen LogP contribution in [-0.4, -0.2) is 16.9 Å². The first-order valence-corrected chi connectivity index (χ1v) is 6.09. The van der Waals surface area contributed by atoms with Gasteiger partial charge in [0.2, 0.25) is 5.12 Å². The van der Waals surface area contributed by atoms with E-state index in [0.717, 1.165) is 5.00 Å². The molecule has 0 saturated carbocycles. The van der Waals surface area contributed by atoms with E-state index in [9.17, 15) is 9.59 Å². The molecule has 4 nitrogen and oxygen atoms in total. The molecule has 0 spiro atoms. The average molecular weight is 240 g/mol. The summed E-state index contributed by atoms with van der Waals surface area (Å²) >= 11 is 2.63. The molecule has 0 saturated heterocycles. The molecule has 0 aliphatic carbocycles. The van der Waals surface area contributed by atoms with Gasteiger partial charge in [-0.15, -0.1) is 11.3 Å².